The van der Waals surface area contributed by atoms with Gasteiger partial charge >= 0.3 is 0 Å². The molecule has 0 saturated heterocycles. The summed E-state index contributed by atoms with van der Waals surface area (Å²) >= 11 is 0. The summed E-state index contributed by atoms with van der Waals surface area (Å²) in [6.07, 6.45) is 2.21. The smallest absolute Gasteiger partial charge is 0.125 e. The Morgan fingerprint density at radius 3 is 2.35 bits per heavy atom. The van der Waals surface area contributed by atoms with Crippen LogP contribution in [-0.2, 0) is 5.54 Å². The summed E-state index contributed by atoms with van der Waals surface area (Å²) in [6.45, 7) is 0. The summed E-state index contributed by atoms with van der Waals surface area (Å²) < 4.78 is 13.1. The third kappa shape index (κ3) is 2.03. The first-order valence-corrected chi connectivity index (χ1v) is 5.88. The molecule has 2 aromatic rings. The van der Waals surface area contributed by atoms with Gasteiger partial charge in [0.15, 0.2) is 0 Å². The molecule has 0 amide bonds. The zero-order valence-electron chi connectivity index (χ0n) is 9.49. The van der Waals surface area contributed by atoms with Gasteiger partial charge < -0.3 is 5.32 Å². The van der Waals surface area contributed by atoms with Crippen LogP contribution in [0.3, 0.4) is 0 Å². The number of hydrogen-bond acceptors (Lipinski definition) is 1. The predicted molar refractivity (Wildman–Crippen MR) is 67.4 cm³/mol. The fourth-order valence-electron chi connectivity index (χ4n) is 2.21. The fourth-order valence-corrected chi connectivity index (χ4v) is 2.21. The summed E-state index contributed by atoms with van der Waals surface area (Å²) in [5.74, 6) is -0.195. The highest BCUT2D eigenvalue weighted by atomic mass is 19.1. The van der Waals surface area contributed by atoms with E-state index in [1.807, 2.05) is 24.3 Å². The van der Waals surface area contributed by atoms with Crippen LogP contribution < -0.4 is 5.32 Å². The van der Waals surface area contributed by atoms with Crippen molar-refractivity contribution in [3.63, 3.8) is 0 Å². The van der Waals surface area contributed by atoms with Crippen LogP contribution in [0.25, 0.3) is 0 Å². The van der Waals surface area contributed by atoms with Gasteiger partial charge in [0.2, 0.25) is 0 Å². The van der Waals surface area contributed by atoms with E-state index in [-0.39, 0.29) is 11.4 Å². The minimum absolute atomic E-state index is 0.0229. The van der Waals surface area contributed by atoms with Crippen molar-refractivity contribution >= 4 is 5.69 Å². The molecule has 1 saturated carbocycles. The molecule has 3 rings (SSSR count). The molecule has 1 aliphatic carbocycles. The lowest BCUT2D eigenvalue weighted by molar-refractivity contribution is 0.627. The van der Waals surface area contributed by atoms with Crippen LogP contribution in [0.15, 0.2) is 54.6 Å². The zero-order valence-corrected chi connectivity index (χ0v) is 9.49. The molecule has 0 heterocycles. The first kappa shape index (κ1) is 10.3. The van der Waals surface area contributed by atoms with Crippen molar-refractivity contribution in [1.29, 1.82) is 0 Å². The summed E-state index contributed by atoms with van der Waals surface area (Å²) in [7, 11) is 0. The second-order valence-electron chi connectivity index (χ2n) is 4.58. The number of nitrogens with one attached hydrogen (secondary N) is 1. The molecule has 0 unspecified atom stereocenters. The van der Waals surface area contributed by atoms with Crippen LogP contribution >= 0.6 is 0 Å². The molecule has 0 bridgehead atoms. The largest absolute Gasteiger partial charge is 0.375 e. The van der Waals surface area contributed by atoms with E-state index in [9.17, 15) is 4.39 Å². The Hall–Kier alpha value is -1.83. The molecule has 1 fully saturated rings. The average Bonchev–Trinajstić information content (AvgIpc) is 3.11. The fraction of sp³-hybridized carbons (Fsp3) is 0.200. The van der Waals surface area contributed by atoms with Crippen molar-refractivity contribution in [1.82, 2.24) is 0 Å². The van der Waals surface area contributed by atoms with Gasteiger partial charge in [0.1, 0.15) is 5.82 Å². The average molecular weight is 227 g/mol. The Morgan fingerprint density at radius 2 is 1.71 bits per heavy atom. The molecule has 2 aromatic carbocycles. The number of hydrogen-bond donors (Lipinski definition) is 1. The van der Waals surface area contributed by atoms with Gasteiger partial charge in [-0.3, -0.25) is 0 Å². The maximum Gasteiger partial charge on any atom is 0.125 e. The van der Waals surface area contributed by atoms with E-state index in [0.717, 1.165) is 18.5 Å². The Balaban J connectivity index is 1.86. The molecule has 86 valence electrons. The highest BCUT2D eigenvalue weighted by Gasteiger charge is 2.44. The van der Waals surface area contributed by atoms with E-state index in [1.165, 1.54) is 11.6 Å². The Labute approximate surface area is 100 Å². The summed E-state index contributed by atoms with van der Waals surface area (Å²) in [5.41, 5.74) is 2.16. The van der Waals surface area contributed by atoms with Crippen LogP contribution in [0, 0.1) is 5.82 Å². The highest BCUT2D eigenvalue weighted by Crippen LogP contribution is 2.48. The van der Waals surface area contributed by atoms with E-state index in [1.54, 1.807) is 12.1 Å². The van der Waals surface area contributed by atoms with E-state index in [4.69, 9.17) is 0 Å². The molecular weight excluding hydrogens is 213 g/mol. The van der Waals surface area contributed by atoms with Crippen LogP contribution in [0.4, 0.5) is 10.1 Å². The number of halogens is 1. The predicted octanol–water partition coefficient (Wildman–Crippen LogP) is 3.93. The molecule has 17 heavy (non-hydrogen) atoms. The SMILES string of the molecule is Fc1cccc(NC2(c3ccccc3)CC2)c1. The summed E-state index contributed by atoms with van der Waals surface area (Å²) in [4.78, 5) is 0. The molecule has 0 atom stereocenters. The molecule has 0 radical (unpaired) electrons. The van der Waals surface area contributed by atoms with Crippen molar-refractivity contribution < 1.29 is 4.39 Å². The molecule has 1 N–H and O–H groups in total. The van der Waals surface area contributed by atoms with Gasteiger partial charge in [0, 0.05) is 5.69 Å². The normalized spacial score (nSPS) is 16.5. The topological polar surface area (TPSA) is 12.0 Å². The van der Waals surface area contributed by atoms with Crippen molar-refractivity contribution in [2.75, 3.05) is 5.32 Å². The minimum Gasteiger partial charge on any atom is -0.375 e. The van der Waals surface area contributed by atoms with Gasteiger partial charge in [-0.15, -0.1) is 0 Å². The third-order valence-corrected chi connectivity index (χ3v) is 3.28. The lowest BCUT2D eigenvalue weighted by atomic mass is 10.0. The maximum atomic E-state index is 13.1. The summed E-state index contributed by atoms with van der Waals surface area (Å²) in [5, 5.41) is 3.45. The minimum atomic E-state index is -0.195. The number of benzene rings is 2. The van der Waals surface area contributed by atoms with Crippen molar-refractivity contribution in [2.24, 2.45) is 0 Å². The molecule has 2 heteroatoms. The van der Waals surface area contributed by atoms with Gasteiger partial charge in [0.05, 0.1) is 5.54 Å². The Morgan fingerprint density at radius 1 is 0.941 bits per heavy atom. The molecule has 0 aromatic heterocycles. The van der Waals surface area contributed by atoms with Gasteiger partial charge in [-0.25, -0.2) is 4.39 Å². The molecule has 1 nitrogen and oxygen atoms in total. The molecule has 0 spiro atoms. The Bertz CT molecular complexity index is 517. The van der Waals surface area contributed by atoms with Crippen LogP contribution in [0.2, 0.25) is 0 Å². The second kappa shape index (κ2) is 3.88. The van der Waals surface area contributed by atoms with Gasteiger partial charge in [-0.05, 0) is 36.6 Å². The van der Waals surface area contributed by atoms with E-state index in [2.05, 4.69) is 17.4 Å². The monoisotopic (exact) mass is 227 g/mol. The van der Waals surface area contributed by atoms with E-state index >= 15 is 0 Å². The molecule has 0 aliphatic heterocycles. The van der Waals surface area contributed by atoms with Gasteiger partial charge in [0.25, 0.3) is 0 Å². The van der Waals surface area contributed by atoms with E-state index in [0.29, 0.717) is 0 Å². The third-order valence-electron chi connectivity index (χ3n) is 3.28. The first-order valence-electron chi connectivity index (χ1n) is 5.88. The standard InChI is InChI=1S/C15H14FN/c16-13-7-4-8-14(11-13)17-15(9-10-15)12-5-2-1-3-6-12/h1-8,11,17H,9-10H2. The van der Waals surface area contributed by atoms with Gasteiger partial charge in [-0.2, -0.15) is 0 Å². The van der Waals surface area contributed by atoms with Crippen molar-refractivity contribution in [2.45, 2.75) is 18.4 Å². The molecule has 1 aliphatic rings. The highest BCUT2D eigenvalue weighted by molar-refractivity contribution is 5.50. The zero-order chi connectivity index (χ0) is 11.7. The van der Waals surface area contributed by atoms with Crippen molar-refractivity contribution in [3.8, 4) is 0 Å². The summed E-state index contributed by atoms with van der Waals surface area (Å²) in [6, 6.07) is 17.0. The Kier molecular flexibility index (Phi) is 2.36. The lowest BCUT2D eigenvalue weighted by Gasteiger charge is -2.19. The van der Waals surface area contributed by atoms with Crippen LogP contribution in [0.5, 0.6) is 0 Å². The quantitative estimate of drug-likeness (QED) is 0.837. The van der Waals surface area contributed by atoms with Crippen LogP contribution in [-0.4, -0.2) is 0 Å². The number of anilines is 1. The van der Waals surface area contributed by atoms with E-state index < -0.39 is 0 Å². The van der Waals surface area contributed by atoms with Crippen molar-refractivity contribution in [3.05, 3.63) is 66.0 Å². The first-order chi connectivity index (χ1) is 8.28. The van der Waals surface area contributed by atoms with Gasteiger partial charge in [-0.1, -0.05) is 36.4 Å². The maximum absolute atomic E-state index is 13.1. The van der Waals surface area contributed by atoms with Crippen LogP contribution in [0.1, 0.15) is 18.4 Å². The molecular formula is C15H14FN. The lowest BCUT2D eigenvalue weighted by Crippen LogP contribution is -2.18. The second-order valence-corrected chi connectivity index (χ2v) is 4.58. The number of rotatable bonds is 3.